The molecule has 0 aliphatic carbocycles. The first-order chi connectivity index (χ1) is 8.06. The van der Waals surface area contributed by atoms with Crippen molar-refractivity contribution in [3.05, 3.63) is 34.5 Å². The van der Waals surface area contributed by atoms with Crippen LogP contribution in [0.25, 0.3) is 0 Å². The van der Waals surface area contributed by atoms with Crippen LogP contribution in [0, 0.1) is 10.1 Å². The van der Waals surface area contributed by atoms with Crippen LogP contribution in [0.4, 0.5) is 15.8 Å². The summed E-state index contributed by atoms with van der Waals surface area (Å²) in [6.45, 7) is 0. The van der Waals surface area contributed by atoms with Crippen LogP contribution in [0.3, 0.4) is 0 Å². The smallest absolute Gasteiger partial charge is 0.345 e. The zero-order valence-corrected chi connectivity index (χ0v) is 9.14. The number of hydrogen-bond acceptors (Lipinski definition) is 7. The Bertz CT molecular complexity index is 569. The molecule has 8 heteroatoms. The minimum Gasteiger partial charge on any atom is -0.508 e. The molecule has 0 unspecified atom stereocenters. The summed E-state index contributed by atoms with van der Waals surface area (Å²) in [5.74, 6) is -0.235. The van der Waals surface area contributed by atoms with Gasteiger partial charge < -0.3 is 15.5 Å². The van der Waals surface area contributed by atoms with E-state index in [2.05, 4.69) is 10.3 Å². The standard InChI is InChI=1S/C9H7N3O4S/c13-5-1-2-6(7(14)3-5)11-9-10-4-8(17-9)12(15)16/h1-4,13-14H,(H,10,11). The zero-order chi connectivity index (χ0) is 12.4. The van der Waals surface area contributed by atoms with Crippen molar-refractivity contribution in [1.82, 2.24) is 4.98 Å². The van der Waals surface area contributed by atoms with Crippen molar-refractivity contribution in [2.24, 2.45) is 0 Å². The molecule has 0 saturated carbocycles. The molecule has 2 aromatic rings. The van der Waals surface area contributed by atoms with Crippen LogP contribution < -0.4 is 5.32 Å². The summed E-state index contributed by atoms with van der Waals surface area (Å²) in [5.41, 5.74) is 0.312. The number of phenols is 2. The first-order valence-electron chi connectivity index (χ1n) is 4.45. The lowest BCUT2D eigenvalue weighted by molar-refractivity contribution is -0.380. The Hall–Kier alpha value is -2.35. The molecule has 1 aromatic carbocycles. The van der Waals surface area contributed by atoms with E-state index in [1.165, 1.54) is 12.1 Å². The van der Waals surface area contributed by atoms with Crippen LogP contribution in [0.1, 0.15) is 0 Å². The lowest BCUT2D eigenvalue weighted by Crippen LogP contribution is -1.88. The molecule has 17 heavy (non-hydrogen) atoms. The number of nitrogens with one attached hydrogen (secondary N) is 1. The second-order valence-corrected chi connectivity index (χ2v) is 4.10. The molecule has 0 amide bonds. The van der Waals surface area contributed by atoms with Crippen molar-refractivity contribution in [2.75, 3.05) is 5.32 Å². The summed E-state index contributed by atoms with van der Waals surface area (Å²) < 4.78 is 0. The topological polar surface area (TPSA) is 109 Å². The van der Waals surface area contributed by atoms with Crippen LogP contribution in [0.2, 0.25) is 0 Å². The number of nitro groups is 1. The van der Waals surface area contributed by atoms with Crippen LogP contribution in [-0.4, -0.2) is 20.1 Å². The monoisotopic (exact) mass is 253 g/mol. The average molecular weight is 253 g/mol. The minimum absolute atomic E-state index is 0.0711. The summed E-state index contributed by atoms with van der Waals surface area (Å²) >= 11 is 0.854. The second kappa shape index (κ2) is 4.26. The van der Waals surface area contributed by atoms with E-state index in [1.807, 2.05) is 0 Å². The molecule has 0 aliphatic rings. The second-order valence-electron chi connectivity index (χ2n) is 3.09. The van der Waals surface area contributed by atoms with Gasteiger partial charge in [0.1, 0.15) is 17.7 Å². The zero-order valence-electron chi connectivity index (χ0n) is 8.32. The van der Waals surface area contributed by atoms with Gasteiger partial charge in [0.25, 0.3) is 0 Å². The van der Waals surface area contributed by atoms with Gasteiger partial charge in [0.05, 0.1) is 10.6 Å². The van der Waals surface area contributed by atoms with E-state index in [0.717, 1.165) is 23.6 Å². The van der Waals surface area contributed by atoms with E-state index in [9.17, 15) is 15.2 Å². The maximum absolute atomic E-state index is 10.4. The van der Waals surface area contributed by atoms with Crippen LogP contribution in [0.15, 0.2) is 24.4 Å². The van der Waals surface area contributed by atoms with Crippen molar-refractivity contribution in [3.8, 4) is 11.5 Å². The van der Waals surface area contributed by atoms with Crippen molar-refractivity contribution in [3.63, 3.8) is 0 Å². The van der Waals surface area contributed by atoms with Gasteiger partial charge in [-0.3, -0.25) is 10.1 Å². The highest BCUT2D eigenvalue weighted by molar-refractivity contribution is 7.18. The first kappa shape index (κ1) is 11.1. The Morgan fingerprint density at radius 1 is 1.41 bits per heavy atom. The quantitative estimate of drug-likeness (QED) is 0.335. The fraction of sp³-hybridized carbons (Fsp3) is 0. The van der Waals surface area contributed by atoms with Gasteiger partial charge in [-0.25, -0.2) is 4.98 Å². The molecular weight excluding hydrogens is 246 g/mol. The van der Waals surface area contributed by atoms with Crippen molar-refractivity contribution in [2.45, 2.75) is 0 Å². The van der Waals surface area contributed by atoms with Crippen LogP contribution in [-0.2, 0) is 0 Å². The Morgan fingerprint density at radius 3 is 2.76 bits per heavy atom. The van der Waals surface area contributed by atoms with E-state index >= 15 is 0 Å². The summed E-state index contributed by atoms with van der Waals surface area (Å²) in [6.07, 6.45) is 1.13. The van der Waals surface area contributed by atoms with Crippen LogP contribution in [0.5, 0.6) is 11.5 Å². The largest absolute Gasteiger partial charge is 0.508 e. The maximum atomic E-state index is 10.4. The molecule has 0 saturated heterocycles. The highest BCUT2D eigenvalue weighted by Crippen LogP contribution is 2.33. The third-order valence-electron chi connectivity index (χ3n) is 1.90. The van der Waals surface area contributed by atoms with Crippen LogP contribution >= 0.6 is 11.3 Å². The normalized spacial score (nSPS) is 10.1. The van der Waals surface area contributed by atoms with Gasteiger partial charge in [0.2, 0.25) is 0 Å². The van der Waals surface area contributed by atoms with Crippen molar-refractivity contribution in [1.29, 1.82) is 0 Å². The predicted molar refractivity (Wildman–Crippen MR) is 61.8 cm³/mol. The lowest BCUT2D eigenvalue weighted by Gasteiger charge is -2.04. The van der Waals surface area contributed by atoms with Gasteiger partial charge in [-0.15, -0.1) is 0 Å². The number of aromatic hydroxyl groups is 2. The van der Waals surface area contributed by atoms with E-state index in [0.29, 0.717) is 5.69 Å². The molecule has 0 bridgehead atoms. The highest BCUT2D eigenvalue weighted by Gasteiger charge is 2.12. The molecular formula is C9H7N3O4S. The molecule has 0 atom stereocenters. The number of rotatable bonds is 3. The number of aromatic nitrogens is 1. The van der Waals surface area contributed by atoms with Gasteiger partial charge in [0, 0.05) is 6.07 Å². The predicted octanol–water partition coefficient (Wildman–Crippen LogP) is 2.21. The molecule has 0 aliphatic heterocycles. The Kier molecular flexibility index (Phi) is 2.79. The van der Waals surface area contributed by atoms with Gasteiger partial charge >= 0.3 is 5.00 Å². The van der Waals surface area contributed by atoms with E-state index < -0.39 is 4.92 Å². The minimum atomic E-state index is -0.542. The van der Waals surface area contributed by atoms with Gasteiger partial charge in [-0.1, -0.05) is 0 Å². The highest BCUT2D eigenvalue weighted by atomic mass is 32.1. The average Bonchev–Trinajstić information content (AvgIpc) is 2.71. The fourth-order valence-electron chi connectivity index (χ4n) is 1.15. The number of nitrogens with zero attached hydrogens (tertiary/aromatic N) is 2. The van der Waals surface area contributed by atoms with E-state index in [4.69, 9.17) is 5.11 Å². The molecule has 7 nitrogen and oxygen atoms in total. The van der Waals surface area contributed by atoms with Crippen molar-refractivity contribution >= 4 is 27.2 Å². The summed E-state index contributed by atoms with van der Waals surface area (Å²) in [7, 11) is 0. The third kappa shape index (κ3) is 2.42. The number of thiazole rings is 1. The fourth-order valence-corrected chi connectivity index (χ4v) is 1.79. The SMILES string of the molecule is O=[N+]([O-])c1cnc(Nc2ccc(O)cc2O)s1. The summed E-state index contributed by atoms with van der Waals surface area (Å²) in [5, 5.41) is 31.9. The number of anilines is 2. The maximum Gasteiger partial charge on any atom is 0.345 e. The number of benzene rings is 1. The first-order valence-corrected chi connectivity index (χ1v) is 5.27. The van der Waals surface area contributed by atoms with Gasteiger partial charge in [-0.05, 0) is 23.5 Å². The number of phenolic OH excluding ortho intramolecular Hbond substituents is 2. The summed E-state index contributed by atoms with van der Waals surface area (Å²) in [6, 6.07) is 3.98. The Balaban J connectivity index is 2.22. The molecule has 88 valence electrons. The van der Waals surface area contributed by atoms with E-state index in [-0.39, 0.29) is 21.6 Å². The van der Waals surface area contributed by atoms with E-state index in [1.54, 1.807) is 0 Å². The van der Waals surface area contributed by atoms with Gasteiger partial charge in [-0.2, -0.15) is 0 Å². The van der Waals surface area contributed by atoms with Crippen molar-refractivity contribution < 1.29 is 15.1 Å². The molecule has 1 heterocycles. The summed E-state index contributed by atoms with van der Waals surface area (Å²) in [4.78, 5) is 13.7. The number of hydrogen-bond donors (Lipinski definition) is 3. The molecule has 0 radical (unpaired) electrons. The Morgan fingerprint density at radius 2 is 2.18 bits per heavy atom. The Labute approximate surface area is 99.1 Å². The third-order valence-corrected chi connectivity index (χ3v) is 2.76. The molecule has 3 N–H and O–H groups in total. The lowest BCUT2D eigenvalue weighted by atomic mass is 10.3. The molecule has 0 spiro atoms. The molecule has 2 rings (SSSR count). The molecule has 1 aromatic heterocycles. The molecule has 0 fully saturated rings. The van der Waals surface area contributed by atoms with Gasteiger partial charge in [0.15, 0.2) is 5.13 Å².